The van der Waals surface area contributed by atoms with Crippen LogP contribution in [0.2, 0.25) is 0 Å². The summed E-state index contributed by atoms with van der Waals surface area (Å²) in [6, 6.07) is 3.50. The number of nitrogens with two attached hydrogens (primary N) is 1. The van der Waals surface area contributed by atoms with Gasteiger partial charge < -0.3 is 26.3 Å². The third kappa shape index (κ3) is 3.59. The number of halogens is 1. The molecule has 1 saturated heterocycles. The molecule has 2 aromatic heterocycles. The zero-order valence-corrected chi connectivity index (χ0v) is 16.8. The number of aromatic nitrogens is 2. The van der Waals surface area contributed by atoms with Gasteiger partial charge in [-0.3, -0.25) is 9.78 Å². The first kappa shape index (κ1) is 18.1. The number of H-pyrrole nitrogens is 1. The fourth-order valence-corrected chi connectivity index (χ4v) is 4.36. The van der Waals surface area contributed by atoms with Crippen LogP contribution < -0.4 is 16.4 Å². The monoisotopic (exact) mass is 430 g/mol. The number of piperidine rings is 1. The lowest BCUT2D eigenvalue weighted by molar-refractivity contribution is 0.102. The minimum absolute atomic E-state index is 0.187. The predicted molar refractivity (Wildman–Crippen MR) is 111 cm³/mol. The molecule has 4 rings (SSSR count). The molecular formula is C19H23BrN6O. The van der Waals surface area contributed by atoms with E-state index in [2.05, 4.69) is 48.4 Å². The molecule has 1 unspecified atom stereocenters. The van der Waals surface area contributed by atoms with Crippen molar-refractivity contribution in [3.63, 3.8) is 0 Å². The molecule has 2 aromatic rings. The molecule has 0 radical (unpaired) electrons. The number of rotatable bonds is 3. The summed E-state index contributed by atoms with van der Waals surface area (Å²) in [6.07, 6.45) is 7.09. The SMILES string of the molecule is CC1(N)CCCN(C2=C(Br)CNc3[nH]cc(NC(=O)c4cccnc4)c32)C1. The minimum atomic E-state index is -0.223. The molecule has 4 heterocycles. The summed E-state index contributed by atoms with van der Waals surface area (Å²) < 4.78 is 1.06. The number of hydrogen-bond acceptors (Lipinski definition) is 5. The highest BCUT2D eigenvalue weighted by atomic mass is 79.9. The largest absolute Gasteiger partial charge is 0.368 e. The molecule has 2 aliphatic heterocycles. The highest BCUT2D eigenvalue weighted by Crippen LogP contribution is 2.41. The summed E-state index contributed by atoms with van der Waals surface area (Å²) in [5.41, 5.74) is 9.51. The number of nitrogens with zero attached hydrogens (tertiary/aromatic N) is 2. The second-order valence-electron chi connectivity index (χ2n) is 7.43. The second kappa shape index (κ2) is 7.01. The molecule has 0 bridgehead atoms. The molecule has 2 aliphatic rings. The number of amides is 1. The summed E-state index contributed by atoms with van der Waals surface area (Å²) in [6.45, 7) is 4.50. The first-order valence-electron chi connectivity index (χ1n) is 9.04. The number of likely N-dealkylation sites (tertiary alicyclic amines) is 1. The van der Waals surface area contributed by atoms with Crippen molar-refractivity contribution in [2.24, 2.45) is 5.73 Å². The van der Waals surface area contributed by atoms with E-state index in [0.29, 0.717) is 12.1 Å². The van der Waals surface area contributed by atoms with E-state index in [-0.39, 0.29) is 11.4 Å². The zero-order valence-electron chi connectivity index (χ0n) is 15.2. The van der Waals surface area contributed by atoms with Crippen LogP contribution in [-0.2, 0) is 0 Å². The van der Waals surface area contributed by atoms with Crippen molar-refractivity contribution < 1.29 is 4.79 Å². The van der Waals surface area contributed by atoms with Crippen LogP contribution in [0.3, 0.4) is 0 Å². The number of anilines is 2. The van der Waals surface area contributed by atoms with Crippen molar-refractivity contribution >= 4 is 39.0 Å². The molecule has 27 heavy (non-hydrogen) atoms. The molecule has 0 saturated carbocycles. The van der Waals surface area contributed by atoms with Crippen LogP contribution in [-0.4, -0.2) is 45.9 Å². The quantitative estimate of drug-likeness (QED) is 0.599. The summed E-state index contributed by atoms with van der Waals surface area (Å²) >= 11 is 3.73. The molecule has 0 aliphatic carbocycles. The van der Waals surface area contributed by atoms with Crippen molar-refractivity contribution in [2.75, 3.05) is 30.3 Å². The molecule has 142 valence electrons. The highest BCUT2D eigenvalue weighted by molar-refractivity contribution is 9.11. The zero-order chi connectivity index (χ0) is 19.0. The van der Waals surface area contributed by atoms with Crippen LogP contribution in [0, 0.1) is 0 Å². The van der Waals surface area contributed by atoms with Crippen molar-refractivity contribution in [1.82, 2.24) is 14.9 Å². The van der Waals surface area contributed by atoms with Gasteiger partial charge in [-0.05, 0) is 31.9 Å². The van der Waals surface area contributed by atoms with Gasteiger partial charge in [-0.1, -0.05) is 15.9 Å². The Bertz CT molecular complexity index is 889. The van der Waals surface area contributed by atoms with Crippen molar-refractivity contribution in [3.8, 4) is 0 Å². The maximum absolute atomic E-state index is 12.6. The molecule has 8 heteroatoms. The molecule has 5 N–H and O–H groups in total. The van der Waals surface area contributed by atoms with Gasteiger partial charge in [-0.25, -0.2) is 0 Å². The van der Waals surface area contributed by atoms with Crippen LogP contribution in [0.15, 0.2) is 35.2 Å². The highest BCUT2D eigenvalue weighted by Gasteiger charge is 2.33. The van der Waals surface area contributed by atoms with Crippen LogP contribution >= 0.6 is 15.9 Å². The fraction of sp³-hybridized carbons (Fsp3) is 0.368. The van der Waals surface area contributed by atoms with Crippen molar-refractivity contribution in [3.05, 3.63) is 46.3 Å². The molecule has 0 spiro atoms. The van der Waals surface area contributed by atoms with Gasteiger partial charge in [0.2, 0.25) is 0 Å². The van der Waals surface area contributed by atoms with E-state index in [9.17, 15) is 4.79 Å². The van der Waals surface area contributed by atoms with Gasteiger partial charge in [0.25, 0.3) is 5.91 Å². The van der Waals surface area contributed by atoms with Crippen molar-refractivity contribution in [1.29, 1.82) is 0 Å². The maximum Gasteiger partial charge on any atom is 0.257 e. The minimum Gasteiger partial charge on any atom is -0.368 e. The van der Waals surface area contributed by atoms with E-state index in [0.717, 1.165) is 53.2 Å². The molecule has 1 amide bonds. The smallest absolute Gasteiger partial charge is 0.257 e. The third-order valence-corrected chi connectivity index (χ3v) is 5.67. The Hall–Kier alpha value is -2.32. The number of carbonyl (C=O) groups excluding carboxylic acids is 1. The standard InChI is InChI=1S/C19H23BrN6O/c1-19(21)5-3-7-26(11-19)16-13(20)9-23-17-15(16)14(10-24-17)25-18(27)12-4-2-6-22-8-12/h2,4,6,8,10,23-24H,3,5,7,9,11,21H2,1H3,(H,25,27). The molecular weight excluding hydrogens is 408 g/mol. The Balaban J connectivity index is 1.67. The van der Waals surface area contributed by atoms with E-state index >= 15 is 0 Å². The summed E-state index contributed by atoms with van der Waals surface area (Å²) in [5.74, 6) is 0.715. The lowest BCUT2D eigenvalue weighted by atomic mass is 9.91. The number of hydrogen-bond donors (Lipinski definition) is 4. The van der Waals surface area contributed by atoms with Crippen LogP contribution in [0.4, 0.5) is 11.5 Å². The Morgan fingerprint density at radius 3 is 3.07 bits per heavy atom. The summed E-state index contributed by atoms with van der Waals surface area (Å²) in [7, 11) is 0. The van der Waals surface area contributed by atoms with Gasteiger partial charge >= 0.3 is 0 Å². The molecule has 7 nitrogen and oxygen atoms in total. The van der Waals surface area contributed by atoms with Crippen LogP contribution in [0.5, 0.6) is 0 Å². The topological polar surface area (TPSA) is 99.1 Å². The van der Waals surface area contributed by atoms with E-state index < -0.39 is 0 Å². The number of nitrogens with one attached hydrogen (secondary N) is 3. The van der Waals surface area contributed by atoms with Gasteiger partial charge in [-0.15, -0.1) is 0 Å². The summed E-state index contributed by atoms with van der Waals surface area (Å²) in [4.78, 5) is 22.2. The van der Waals surface area contributed by atoms with Crippen LogP contribution in [0.25, 0.3) is 5.70 Å². The van der Waals surface area contributed by atoms with Gasteiger partial charge in [-0.2, -0.15) is 0 Å². The van der Waals surface area contributed by atoms with Gasteiger partial charge in [0.1, 0.15) is 5.82 Å². The van der Waals surface area contributed by atoms with Crippen molar-refractivity contribution in [2.45, 2.75) is 25.3 Å². The Kier molecular flexibility index (Phi) is 4.69. The lowest BCUT2D eigenvalue weighted by Gasteiger charge is -2.42. The van der Waals surface area contributed by atoms with E-state index in [1.165, 1.54) is 0 Å². The van der Waals surface area contributed by atoms with E-state index in [1.54, 1.807) is 24.5 Å². The average molecular weight is 431 g/mol. The van der Waals surface area contributed by atoms with Crippen LogP contribution in [0.1, 0.15) is 35.7 Å². The summed E-state index contributed by atoms with van der Waals surface area (Å²) in [5, 5.41) is 6.37. The lowest BCUT2D eigenvalue weighted by Crippen LogP contribution is -2.51. The second-order valence-corrected chi connectivity index (χ2v) is 8.39. The number of carbonyl (C=O) groups is 1. The number of fused-ring (bicyclic) bond motifs is 1. The predicted octanol–water partition coefficient (Wildman–Crippen LogP) is 2.96. The molecule has 1 fully saturated rings. The normalized spacial score (nSPS) is 22.3. The molecule has 1 atom stereocenters. The Morgan fingerprint density at radius 2 is 2.33 bits per heavy atom. The molecule has 0 aromatic carbocycles. The van der Waals surface area contributed by atoms with Gasteiger partial charge in [0.05, 0.1) is 29.1 Å². The first-order chi connectivity index (χ1) is 12.9. The Morgan fingerprint density at radius 1 is 1.48 bits per heavy atom. The third-order valence-electron chi connectivity index (χ3n) is 5.01. The van der Waals surface area contributed by atoms with Gasteiger partial charge in [0, 0.05) is 41.7 Å². The van der Waals surface area contributed by atoms with Gasteiger partial charge in [0.15, 0.2) is 0 Å². The fourth-order valence-electron chi connectivity index (χ4n) is 3.77. The average Bonchev–Trinajstić information content (AvgIpc) is 3.04. The first-order valence-corrected chi connectivity index (χ1v) is 9.83. The Labute approximate surface area is 166 Å². The number of pyridine rings is 1. The maximum atomic E-state index is 12.6. The van der Waals surface area contributed by atoms with E-state index in [1.807, 2.05) is 6.20 Å². The number of aromatic amines is 1. The van der Waals surface area contributed by atoms with E-state index in [4.69, 9.17) is 5.73 Å².